The number of carbonyl (C=O) groups excluding carboxylic acids is 2. The van der Waals surface area contributed by atoms with E-state index in [1.54, 1.807) is 25.1 Å². The summed E-state index contributed by atoms with van der Waals surface area (Å²) >= 11 is 0. The van der Waals surface area contributed by atoms with Crippen molar-refractivity contribution in [2.75, 3.05) is 19.5 Å². The van der Waals surface area contributed by atoms with Gasteiger partial charge in [0.15, 0.2) is 0 Å². The van der Waals surface area contributed by atoms with Crippen molar-refractivity contribution in [2.45, 2.75) is 52.7 Å². The van der Waals surface area contributed by atoms with Crippen molar-refractivity contribution in [3.8, 4) is 5.75 Å². The summed E-state index contributed by atoms with van der Waals surface area (Å²) in [6.07, 6.45) is 0.486. The summed E-state index contributed by atoms with van der Waals surface area (Å²) in [6.45, 7) is 9.54. The molecule has 0 aromatic heterocycles. The van der Waals surface area contributed by atoms with Gasteiger partial charge in [-0.25, -0.2) is 4.79 Å². The van der Waals surface area contributed by atoms with Crippen molar-refractivity contribution < 1.29 is 23.8 Å². The zero-order valence-electron chi connectivity index (χ0n) is 16.1. The number of carbonyl (C=O) groups is 2. The average Bonchev–Trinajstić information content (AvgIpc) is 2.54. The van der Waals surface area contributed by atoms with Gasteiger partial charge in [0.1, 0.15) is 16.9 Å². The number of hydrogen-bond acceptors (Lipinski definition) is 5. The molecule has 1 rings (SSSR count). The molecule has 1 atom stereocenters. The van der Waals surface area contributed by atoms with E-state index in [1.165, 1.54) is 14.2 Å². The number of esters is 1. The van der Waals surface area contributed by atoms with E-state index < -0.39 is 11.6 Å². The Kier molecular flexibility index (Phi) is 7.42. The topological polar surface area (TPSA) is 73.9 Å². The number of ether oxygens (including phenoxy) is 3. The minimum absolute atomic E-state index is 0.0910. The first-order valence-electron chi connectivity index (χ1n) is 8.38. The van der Waals surface area contributed by atoms with Gasteiger partial charge in [-0.15, -0.1) is 0 Å². The second-order valence-corrected chi connectivity index (χ2v) is 6.86. The van der Waals surface area contributed by atoms with Gasteiger partial charge < -0.3 is 19.5 Å². The average molecular weight is 351 g/mol. The van der Waals surface area contributed by atoms with Gasteiger partial charge in [-0.1, -0.05) is 13.8 Å². The smallest absolute Gasteiger partial charge is 0.341 e. The number of methoxy groups -OCH3 is 2. The molecular weight excluding hydrogens is 322 g/mol. The Labute approximate surface area is 149 Å². The summed E-state index contributed by atoms with van der Waals surface area (Å²) in [5.41, 5.74) is -0.210. The zero-order valence-corrected chi connectivity index (χ0v) is 16.1. The van der Waals surface area contributed by atoms with Crippen LogP contribution in [-0.4, -0.2) is 37.8 Å². The number of benzene rings is 1. The minimum Gasteiger partial charge on any atom is -0.490 e. The summed E-state index contributed by atoms with van der Waals surface area (Å²) in [6, 6.07) is 4.88. The number of amides is 1. The second kappa shape index (κ2) is 8.85. The molecule has 1 amide bonds. The van der Waals surface area contributed by atoms with Crippen LogP contribution >= 0.6 is 0 Å². The highest BCUT2D eigenvalue weighted by Gasteiger charge is 2.34. The predicted molar refractivity (Wildman–Crippen MR) is 97.0 cm³/mol. The van der Waals surface area contributed by atoms with Gasteiger partial charge in [-0.3, -0.25) is 4.79 Å². The monoisotopic (exact) mass is 351 g/mol. The molecule has 6 heteroatoms. The molecule has 0 radical (unpaired) electrons. The van der Waals surface area contributed by atoms with Crippen molar-refractivity contribution in [3.63, 3.8) is 0 Å². The Bertz CT molecular complexity index is 612. The number of rotatable bonds is 8. The maximum Gasteiger partial charge on any atom is 0.341 e. The molecular formula is C19H29NO5. The Morgan fingerprint density at radius 1 is 1.16 bits per heavy atom. The lowest BCUT2D eigenvalue weighted by Crippen LogP contribution is -2.43. The molecule has 0 fully saturated rings. The molecule has 6 nitrogen and oxygen atoms in total. The van der Waals surface area contributed by atoms with Crippen LogP contribution in [0.1, 0.15) is 51.4 Å². The predicted octanol–water partition coefficient (Wildman–Crippen LogP) is 3.65. The van der Waals surface area contributed by atoms with Gasteiger partial charge >= 0.3 is 5.97 Å². The van der Waals surface area contributed by atoms with Crippen LogP contribution in [-0.2, 0) is 14.3 Å². The summed E-state index contributed by atoms with van der Waals surface area (Å²) in [5.74, 6) is -0.0832. The first-order chi connectivity index (χ1) is 11.6. The molecule has 1 N–H and O–H groups in total. The lowest BCUT2D eigenvalue weighted by atomic mass is 9.93. The van der Waals surface area contributed by atoms with E-state index in [2.05, 4.69) is 5.32 Å². The van der Waals surface area contributed by atoms with E-state index in [-0.39, 0.29) is 17.6 Å². The first kappa shape index (κ1) is 21.0. The van der Waals surface area contributed by atoms with Crippen LogP contribution in [0.2, 0.25) is 0 Å². The third-order valence-corrected chi connectivity index (χ3v) is 3.73. The van der Waals surface area contributed by atoms with Gasteiger partial charge in [-0.2, -0.15) is 0 Å². The fourth-order valence-electron chi connectivity index (χ4n) is 2.54. The molecule has 0 aliphatic heterocycles. The van der Waals surface area contributed by atoms with E-state index in [0.29, 0.717) is 23.8 Å². The first-order valence-corrected chi connectivity index (χ1v) is 8.38. The van der Waals surface area contributed by atoms with Crippen LogP contribution in [0.3, 0.4) is 0 Å². The molecule has 0 aliphatic rings. The fraction of sp³-hybridized carbons (Fsp3) is 0.579. The highest BCUT2D eigenvalue weighted by molar-refractivity contribution is 5.99. The Morgan fingerprint density at radius 3 is 2.28 bits per heavy atom. The number of hydrogen-bond donors (Lipinski definition) is 1. The normalized spacial score (nSPS) is 13.5. The highest BCUT2D eigenvalue weighted by atomic mass is 16.5. The molecule has 0 bridgehead atoms. The molecule has 1 unspecified atom stereocenters. The van der Waals surface area contributed by atoms with Gasteiger partial charge in [0.2, 0.25) is 0 Å². The molecule has 0 saturated carbocycles. The SMILES string of the molecule is COC(=O)c1cc(NC(=O)C(C)(CC(C)C)OC)ccc1OC(C)C. The van der Waals surface area contributed by atoms with Crippen LogP contribution in [0, 0.1) is 5.92 Å². The number of anilines is 1. The fourth-order valence-corrected chi connectivity index (χ4v) is 2.54. The van der Waals surface area contributed by atoms with Gasteiger partial charge in [0, 0.05) is 12.8 Å². The van der Waals surface area contributed by atoms with E-state index in [0.717, 1.165) is 0 Å². The molecule has 25 heavy (non-hydrogen) atoms. The largest absolute Gasteiger partial charge is 0.490 e. The molecule has 0 heterocycles. The van der Waals surface area contributed by atoms with E-state index in [4.69, 9.17) is 14.2 Å². The summed E-state index contributed by atoms with van der Waals surface area (Å²) in [7, 11) is 2.82. The Balaban J connectivity index is 3.09. The van der Waals surface area contributed by atoms with Crippen LogP contribution in [0.4, 0.5) is 5.69 Å². The van der Waals surface area contributed by atoms with E-state index in [1.807, 2.05) is 27.7 Å². The zero-order chi connectivity index (χ0) is 19.2. The molecule has 1 aromatic carbocycles. The molecule has 0 saturated heterocycles. The highest BCUT2D eigenvalue weighted by Crippen LogP contribution is 2.27. The standard InChI is InChI=1S/C19H29NO5/c1-12(2)11-19(5,24-7)18(22)20-14-8-9-16(25-13(3)4)15(10-14)17(21)23-6/h8-10,12-13H,11H2,1-7H3,(H,20,22). The summed E-state index contributed by atoms with van der Waals surface area (Å²) in [4.78, 5) is 24.6. The molecule has 0 spiro atoms. The van der Waals surface area contributed by atoms with Crippen LogP contribution in [0.15, 0.2) is 18.2 Å². The lowest BCUT2D eigenvalue weighted by molar-refractivity contribution is -0.137. The van der Waals surface area contributed by atoms with Crippen molar-refractivity contribution >= 4 is 17.6 Å². The van der Waals surface area contributed by atoms with E-state index in [9.17, 15) is 9.59 Å². The van der Waals surface area contributed by atoms with Crippen LogP contribution in [0.25, 0.3) is 0 Å². The van der Waals surface area contributed by atoms with Crippen LogP contribution < -0.4 is 10.1 Å². The third-order valence-electron chi connectivity index (χ3n) is 3.73. The summed E-state index contributed by atoms with van der Waals surface area (Å²) in [5, 5.41) is 2.81. The second-order valence-electron chi connectivity index (χ2n) is 6.86. The maximum absolute atomic E-state index is 12.6. The van der Waals surface area contributed by atoms with Gasteiger partial charge in [0.05, 0.1) is 13.2 Å². The minimum atomic E-state index is -0.952. The van der Waals surface area contributed by atoms with Crippen LogP contribution in [0.5, 0.6) is 5.75 Å². The van der Waals surface area contributed by atoms with Crippen molar-refractivity contribution in [1.82, 2.24) is 0 Å². The molecule has 0 aliphatic carbocycles. The molecule has 1 aromatic rings. The third kappa shape index (κ3) is 5.74. The molecule has 140 valence electrons. The van der Waals surface area contributed by atoms with Crippen molar-refractivity contribution in [3.05, 3.63) is 23.8 Å². The Morgan fingerprint density at radius 2 is 1.80 bits per heavy atom. The van der Waals surface area contributed by atoms with Gasteiger partial charge in [0.25, 0.3) is 5.91 Å². The number of nitrogens with one attached hydrogen (secondary N) is 1. The lowest BCUT2D eigenvalue weighted by Gasteiger charge is -2.28. The van der Waals surface area contributed by atoms with Gasteiger partial charge in [-0.05, 0) is 51.3 Å². The van der Waals surface area contributed by atoms with Crippen molar-refractivity contribution in [1.29, 1.82) is 0 Å². The summed E-state index contributed by atoms with van der Waals surface area (Å²) < 4.78 is 15.9. The quantitative estimate of drug-likeness (QED) is 0.724. The Hall–Kier alpha value is -2.08. The maximum atomic E-state index is 12.6. The van der Waals surface area contributed by atoms with E-state index >= 15 is 0 Å². The van der Waals surface area contributed by atoms with Crippen molar-refractivity contribution in [2.24, 2.45) is 5.92 Å².